The van der Waals surface area contributed by atoms with Crippen LogP contribution in [0.2, 0.25) is 0 Å². The predicted octanol–water partition coefficient (Wildman–Crippen LogP) is 1.41. The minimum atomic E-state index is -0.302. The third kappa shape index (κ3) is 2.90. The molecule has 5 heteroatoms. The molecule has 1 fully saturated rings. The maximum Gasteiger partial charge on any atom is 0.328 e. The van der Waals surface area contributed by atoms with Crippen molar-refractivity contribution in [2.24, 2.45) is 10.9 Å². The second-order valence-corrected chi connectivity index (χ2v) is 5.49. The van der Waals surface area contributed by atoms with Gasteiger partial charge in [-0.05, 0) is 32.6 Å². The molecule has 1 N–H and O–H groups in total. The fourth-order valence-corrected chi connectivity index (χ4v) is 2.99. The molecule has 2 atom stereocenters. The molecule has 0 aromatic heterocycles. The first-order valence-electron chi connectivity index (χ1n) is 5.85. The van der Waals surface area contributed by atoms with Crippen molar-refractivity contribution < 1.29 is 9.53 Å². The average molecular weight is 242 g/mol. The Kier molecular flexibility index (Phi) is 3.74. The predicted molar refractivity (Wildman–Crippen MR) is 65.6 cm³/mol. The van der Waals surface area contributed by atoms with Crippen molar-refractivity contribution in [2.75, 3.05) is 13.2 Å². The fraction of sp³-hybridized carbons (Fsp3) is 0.818. The number of nitrogens with zero attached hydrogens (tertiary/aromatic N) is 1. The number of amidine groups is 1. The van der Waals surface area contributed by atoms with Crippen LogP contribution in [0.3, 0.4) is 0 Å². The van der Waals surface area contributed by atoms with Gasteiger partial charge in [0.25, 0.3) is 0 Å². The molecule has 16 heavy (non-hydrogen) atoms. The molecule has 2 unspecified atom stereocenters. The van der Waals surface area contributed by atoms with Crippen LogP contribution in [-0.2, 0) is 9.53 Å². The van der Waals surface area contributed by atoms with Gasteiger partial charge in [0.1, 0.15) is 6.04 Å². The number of ether oxygens (including phenoxy) is 1. The Hall–Kier alpha value is -0.710. The summed E-state index contributed by atoms with van der Waals surface area (Å²) in [5.41, 5.74) is 0. The monoisotopic (exact) mass is 242 g/mol. The van der Waals surface area contributed by atoms with Crippen LogP contribution in [0.25, 0.3) is 0 Å². The lowest BCUT2D eigenvalue weighted by Crippen LogP contribution is -2.38. The molecular formula is C11H18N2O2S. The van der Waals surface area contributed by atoms with Crippen molar-refractivity contribution >= 4 is 22.9 Å². The minimum absolute atomic E-state index is 0.208. The van der Waals surface area contributed by atoms with E-state index >= 15 is 0 Å². The van der Waals surface area contributed by atoms with Crippen LogP contribution in [0.15, 0.2) is 4.99 Å². The van der Waals surface area contributed by atoms with Crippen molar-refractivity contribution in [1.29, 1.82) is 0 Å². The van der Waals surface area contributed by atoms with Crippen LogP contribution < -0.4 is 5.32 Å². The van der Waals surface area contributed by atoms with Crippen LogP contribution in [0.1, 0.15) is 26.7 Å². The summed E-state index contributed by atoms with van der Waals surface area (Å²) in [4.78, 5) is 15.8. The number of carbonyl (C=O) groups is 1. The molecule has 4 nitrogen and oxygen atoms in total. The van der Waals surface area contributed by atoms with Crippen molar-refractivity contribution in [3.63, 3.8) is 0 Å². The molecule has 1 aliphatic heterocycles. The van der Waals surface area contributed by atoms with Crippen LogP contribution >= 0.6 is 11.8 Å². The molecule has 1 heterocycles. The summed E-state index contributed by atoms with van der Waals surface area (Å²) in [6.45, 7) is 4.95. The molecule has 0 amide bonds. The van der Waals surface area contributed by atoms with E-state index in [0.717, 1.165) is 17.6 Å². The van der Waals surface area contributed by atoms with Gasteiger partial charge in [0.2, 0.25) is 0 Å². The summed E-state index contributed by atoms with van der Waals surface area (Å²) < 4.78 is 4.93. The Bertz CT molecular complexity index is 302. The zero-order valence-corrected chi connectivity index (χ0v) is 10.5. The lowest BCUT2D eigenvalue weighted by Gasteiger charge is -2.13. The van der Waals surface area contributed by atoms with E-state index in [9.17, 15) is 4.79 Å². The average Bonchev–Trinajstić information content (AvgIpc) is 3.01. The summed E-state index contributed by atoms with van der Waals surface area (Å²) >= 11 is 1.78. The maximum atomic E-state index is 11.4. The van der Waals surface area contributed by atoms with Gasteiger partial charge >= 0.3 is 5.97 Å². The molecule has 0 bridgehead atoms. The highest BCUT2D eigenvalue weighted by molar-refractivity contribution is 8.14. The van der Waals surface area contributed by atoms with Crippen molar-refractivity contribution in [1.82, 2.24) is 5.32 Å². The first-order valence-corrected chi connectivity index (χ1v) is 6.73. The summed E-state index contributed by atoms with van der Waals surface area (Å²) in [6.07, 6.45) is 2.68. The third-order valence-corrected chi connectivity index (χ3v) is 4.11. The highest BCUT2D eigenvalue weighted by Crippen LogP contribution is 2.41. The van der Waals surface area contributed by atoms with Gasteiger partial charge in [0.15, 0.2) is 5.17 Å². The van der Waals surface area contributed by atoms with E-state index < -0.39 is 0 Å². The number of carbonyl (C=O) groups excluding carboxylic acids is 1. The second-order valence-electron chi connectivity index (χ2n) is 4.26. The maximum absolute atomic E-state index is 11.4. The first-order chi connectivity index (χ1) is 7.70. The normalized spacial score (nSPS) is 26.1. The molecule has 0 aromatic carbocycles. The highest BCUT2D eigenvalue weighted by atomic mass is 32.2. The molecule has 2 aliphatic rings. The minimum Gasteiger partial charge on any atom is -0.464 e. The first kappa shape index (κ1) is 11.8. The Labute approximate surface area is 100 Å². The largest absolute Gasteiger partial charge is 0.464 e. The molecule has 90 valence electrons. The Morgan fingerprint density at radius 3 is 3.06 bits per heavy atom. The Balaban J connectivity index is 1.75. The summed E-state index contributed by atoms with van der Waals surface area (Å²) in [7, 11) is 0. The van der Waals surface area contributed by atoms with Gasteiger partial charge in [-0.15, -0.1) is 0 Å². The number of nitrogens with one attached hydrogen (secondary N) is 1. The van der Waals surface area contributed by atoms with E-state index in [1.54, 1.807) is 11.8 Å². The number of aliphatic imine (C=N–C) groups is 1. The summed E-state index contributed by atoms with van der Waals surface area (Å²) in [5, 5.41) is 4.65. The van der Waals surface area contributed by atoms with E-state index in [2.05, 4.69) is 10.3 Å². The number of rotatable bonds is 4. The van der Waals surface area contributed by atoms with E-state index in [0.29, 0.717) is 11.9 Å². The third-order valence-electron chi connectivity index (χ3n) is 2.81. The molecular weight excluding hydrogens is 224 g/mol. The Morgan fingerprint density at radius 2 is 2.44 bits per heavy atom. The van der Waals surface area contributed by atoms with E-state index in [1.165, 1.54) is 12.8 Å². The lowest BCUT2D eigenvalue weighted by molar-refractivity contribution is -0.144. The smallest absolute Gasteiger partial charge is 0.328 e. The molecule has 0 saturated heterocycles. The van der Waals surface area contributed by atoms with Crippen molar-refractivity contribution in [3.05, 3.63) is 0 Å². The van der Waals surface area contributed by atoms with Gasteiger partial charge in [-0.1, -0.05) is 11.8 Å². The van der Waals surface area contributed by atoms with Gasteiger partial charge in [-0.3, -0.25) is 4.99 Å². The molecule has 0 spiro atoms. The summed E-state index contributed by atoms with van der Waals surface area (Å²) in [5.74, 6) is 0.645. The van der Waals surface area contributed by atoms with Gasteiger partial charge in [0.05, 0.1) is 13.2 Å². The number of thioether (sulfide) groups is 1. The number of hydrogen-bond acceptors (Lipinski definition) is 5. The highest BCUT2D eigenvalue weighted by Gasteiger charge is 2.35. The Morgan fingerprint density at radius 1 is 1.69 bits per heavy atom. The van der Waals surface area contributed by atoms with Gasteiger partial charge < -0.3 is 10.1 Å². The number of esters is 1. The summed E-state index contributed by atoms with van der Waals surface area (Å²) in [6, 6.07) is -0.302. The second kappa shape index (κ2) is 5.08. The fourth-order valence-electron chi connectivity index (χ4n) is 1.70. The topological polar surface area (TPSA) is 50.7 Å². The molecule has 0 aromatic rings. The SMILES string of the molecule is CCOC(=O)C(C)NC1=NCC(C2CC2)S1. The van der Waals surface area contributed by atoms with Crippen molar-refractivity contribution in [2.45, 2.75) is 38.0 Å². The van der Waals surface area contributed by atoms with Crippen molar-refractivity contribution in [3.8, 4) is 0 Å². The van der Waals surface area contributed by atoms with Crippen LogP contribution in [0.4, 0.5) is 0 Å². The number of hydrogen-bond donors (Lipinski definition) is 1. The van der Waals surface area contributed by atoms with E-state index in [4.69, 9.17) is 4.74 Å². The standard InChI is InChI=1S/C11H18N2O2S/c1-3-15-10(14)7(2)13-11-12-6-9(16-11)8-4-5-8/h7-9H,3-6H2,1-2H3,(H,12,13). The molecule has 2 rings (SSSR count). The molecule has 1 saturated carbocycles. The zero-order chi connectivity index (χ0) is 11.5. The van der Waals surface area contributed by atoms with E-state index in [-0.39, 0.29) is 12.0 Å². The van der Waals surface area contributed by atoms with Crippen LogP contribution in [0.5, 0.6) is 0 Å². The van der Waals surface area contributed by atoms with Gasteiger partial charge in [-0.2, -0.15) is 0 Å². The van der Waals surface area contributed by atoms with Crippen LogP contribution in [-0.4, -0.2) is 35.6 Å². The van der Waals surface area contributed by atoms with E-state index in [1.807, 2.05) is 13.8 Å². The van der Waals surface area contributed by atoms with Gasteiger partial charge in [-0.25, -0.2) is 4.79 Å². The molecule has 1 aliphatic carbocycles. The molecule has 0 radical (unpaired) electrons. The van der Waals surface area contributed by atoms with Gasteiger partial charge in [0, 0.05) is 5.25 Å². The quantitative estimate of drug-likeness (QED) is 0.757. The zero-order valence-electron chi connectivity index (χ0n) is 9.73. The lowest BCUT2D eigenvalue weighted by atomic mass is 10.3. The van der Waals surface area contributed by atoms with Crippen LogP contribution in [0, 0.1) is 5.92 Å².